The van der Waals surface area contributed by atoms with Crippen LogP contribution in [0.25, 0.3) is 0 Å². The largest absolute Gasteiger partial charge is 0.444 e. The summed E-state index contributed by atoms with van der Waals surface area (Å²) in [6, 6.07) is 4.17. The fraction of sp³-hybridized carbons (Fsp3) is 0.500. The van der Waals surface area contributed by atoms with Crippen LogP contribution < -0.4 is 11.1 Å². The van der Waals surface area contributed by atoms with Gasteiger partial charge in [0.05, 0.1) is 6.54 Å². The Kier molecular flexibility index (Phi) is 2.54. The van der Waals surface area contributed by atoms with Crippen molar-refractivity contribution >= 4 is 5.88 Å². The number of hydrogen-bond donors (Lipinski definition) is 2. The van der Waals surface area contributed by atoms with Crippen LogP contribution in [0.5, 0.6) is 0 Å². The Balaban J connectivity index is 2.58. The van der Waals surface area contributed by atoms with Crippen LogP contribution in [-0.4, -0.2) is 6.04 Å². The van der Waals surface area contributed by atoms with E-state index in [1.54, 1.807) is 0 Å². The molecular formula is C8H14N2O. The minimum atomic E-state index is 0.395. The van der Waals surface area contributed by atoms with Gasteiger partial charge < -0.3 is 15.5 Å². The van der Waals surface area contributed by atoms with Gasteiger partial charge in [-0.3, -0.25) is 0 Å². The maximum absolute atomic E-state index is 5.37. The van der Waals surface area contributed by atoms with Gasteiger partial charge in [-0.1, -0.05) is 0 Å². The Morgan fingerprint density at radius 2 is 2.27 bits per heavy atom. The van der Waals surface area contributed by atoms with Gasteiger partial charge in [0.1, 0.15) is 5.76 Å². The summed E-state index contributed by atoms with van der Waals surface area (Å²) in [7, 11) is 0. The molecule has 62 valence electrons. The summed E-state index contributed by atoms with van der Waals surface area (Å²) in [4.78, 5) is 0. The van der Waals surface area contributed by atoms with Gasteiger partial charge in [0, 0.05) is 12.1 Å². The lowest BCUT2D eigenvalue weighted by Gasteiger charge is -2.04. The summed E-state index contributed by atoms with van der Waals surface area (Å²) in [6.07, 6.45) is 0. The zero-order valence-electron chi connectivity index (χ0n) is 6.92. The molecule has 0 radical (unpaired) electrons. The normalized spacial score (nSPS) is 10.5. The molecule has 3 N–H and O–H groups in total. The molecule has 0 saturated carbocycles. The van der Waals surface area contributed by atoms with E-state index in [0.29, 0.717) is 12.6 Å². The van der Waals surface area contributed by atoms with Crippen LogP contribution in [0.15, 0.2) is 16.5 Å². The zero-order chi connectivity index (χ0) is 8.27. The highest BCUT2D eigenvalue weighted by atomic mass is 16.4. The predicted molar refractivity (Wildman–Crippen MR) is 45.4 cm³/mol. The molecule has 1 aromatic rings. The first-order chi connectivity index (χ1) is 5.22. The van der Waals surface area contributed by atoms with Gasteiger partial charge in [-0.25, -0.2) is 0 Å². The third-order valence-corrected chi connectivity index (χ3v) is 1.29. The molecule has 0 saturated heterocycles. The highest BCUT2D eigenvalue weighted by molar-refractivity contribution is 5.32. The maximum atomic E-state index is 5.37. The van der Waals surface area contributed by atoms with Crippen LogP contribution in [0.2, 0.25) is 0 Å². The van der Waals surface area contributed by atoms with Crippen LogP contribution in [0.3, 0.4) is 0 Å². The van der Waals surface area contributed by atoms with E-state index in [4.69, 9.17) is 10.2 Å². The predicted octanol–water partition coefficient (Wildman–Crippen LogP) is 1.56. The molecule has 0 aliphatic carbocycles. The van der Waals surface area contributed by atoms with Crippen molar-refractivity contribution in [1.82, 2.24) is 0 Å². The molecule has 0 amide bonds. The van der Waals surface area contributed by atoms with E-state index in [-0.39, 0.29) is 0 Å². The quantitative estimate of drug-likeness (QED) is 0.694. The van der Waals surface area contributed by atoms with Crippen molar-refractivity contribution in [2.45, 2.75) is 26.4 Å². The molecule has 11 heavy (non-hydrogen) atoms. The first kappa shape index (κ1) is 8.14. The summed E-state index contributed by atoms with van der Waals surface area (Å²) in [5.74, 6) is 1.61. The van der Waals surface area contributed by atoms with Crippen LogP contribution in [0.1, 0.15) is 19.6 Å². The minimum Gasteiger partial charge on any atom is -0.444 e. The molecule has 0 unspecified atom stereocenters. The molecule has 0 aromatic carbocycles. The van der Waals surface area contributed by atoms with E-state index < -0.39 is 0 Å². The third-order valence-electron chi connectivity index (χ3n) is 1.29. The second-order valence-electron chi connectivity index (χ2n) is 2.77. The topological polar surface area (TPSA) is 51.2 Å². The second kappa shape index (κ2) is 3.44. The zero-order valence-corrected chi connectivity index (χ0v) is 6.92. The van der Waals surface area contributed by atoms with Crippen LogP contribution >= 0.6 is 0 Å². The lowest BCUT2D eigenvalue weighted by atomic mass is 10.4. The van der Waals surface area contributed by atoms with E-state index in [9.17, 15) is 0 Å². The second-order valence-corrected chi connectivity index (χ2v) is 2.77. The van der Waals surface area contributed by atoms with Crippen molar-refractivity contribution in [2.75, 3.05) is 5.32 Å². The first-order valence-electron chi connectivity index (χ1n) is 3.77. The Bertz CT molecular complexity index is 218. The fourth-order valence-electron chi connectivity index (χ4n) is 0.850. The molecule has 1 rings (SSSR count). The molecule has 0 spiro atoms. The molecule has 1 aromatic heterocycles. The molecule has 3 nitrogen and oxygen atoms in total. The van der Waals surface area contributed by atoms with Crippen molar-refractivity contribution in [2.24, 2.45) is 5.73 Å². The van der Waals surface area contributed by atoms with Crippen molar-refractivity contribution in [3.63, 3.8) is 0 Å². The molecule has 0 bridgehead atoms. The molecule has 0 atom stereocenters. The Morgan fingerprint density at radius 3 is 2.73 bits per heavy atom. The Labute approximate surface area is 66.6 Å². The van der Waals surface area contributed by atoms with Gasteiger partial charge in [0.25, 0.3) is 0 Å². The summed E-state index contributed by atoms with van der Waals surface area (Å²) in [6.45, 7) is 4.58. The molecule has 0 aliphatic rings. The lowest BCUT2D eigenvalue weighted by Crippen LogP contribution is -2.08. The van der Waals surface area contributed by atoms with E-state index in [0.717, 1.165) is 11.6 Å². The lowest BCUT2D eigenvalue weighted by molar-refractivity contribution is 0.520. The smallest absolute Gasteiger partial charge is 0.193 e. The number of rotatable bonds is 3. The third kappa shape index (κ3) is 2.27. The number of anilines is 1. The average molecular weight is 154 g/mol. The SMILES string of the molecule is CC(C)Nc1ccc(CN)o1. The van der Waals surface area contributed by atoms with Crippen LogP contribution in [0.4, 0.5) is 5.88 Å². The van der Waals surface area contributed by atoms with Gasteiger partial charge in [-0.15, -0.1) is 0 Å². The van der Waals surface area contributed by atoms with Crippen LogP contribution in [0, 0.1) is 0 Å². The van der Waals surface area contributed by atoms with Gasteiger partial charge in [0.2, 0.25) is 0 Å². The van der Waals surface area contributed by atoms with Gasteiger partial charge in [0.15, 0.2) is 5.88 Å². The Morgan fingerprint density at radius 1 is 1.55 bits per heavy atom. The summed E-state index contributed by atoms with van der Waals surface area (Å²) < 4.78 is 5.31. The van der Waals surface area contributed by atoms with Gasteiger partial charge in [-0.05, 0) is 19.9 Å². The van der Waals surface area contributed by atoms with Gasteiger partial charge in [-0.2, -0.15) is 0 Å². The highest BCUT2D eigenvalue weighted by Gasteiger charge is 1.99. The summed E-state index contributed by atoms with van der Waals surface area (Å²) >= 11 is 0. The van der Waals surface area contributed by atoms with Crippen LogP contribution in [-0.2, 0) is 6.54 Å². The fourth-order valence-corrected chi connectivity index (χ4v) is 0.850. The van der Waals surface area contributed by atoms with E-state index in [1.165, 1.54) is 0 Å². The highest BCUT2D eigenvalue weighted by Crippen LogP contribution is 2.13. The van der Waals surface area contributed by atoms with E-state index >= 15 is 0 Å². The molecule has 0 aliphatic heterocycles. The average Bonchev–Trinajstić information content (AvgIpc) is 2.34. The summed E-state index contributed by atoms with van der Waals surface area (Å²) in [5, 5.41) is 3.14. The van der Waals surface area contributed by atoms with Crippen molar-refractivity contribution in [1.29, 1.82) is 0 Å². The Hall–Kier alpha value is -0.960. The minimum absolute atomic E-state index is 0.395. The van der Waals surface area contributed by atoms with Crippen molar-refractivity contribution in [3.8, 4) is 0 Å². The first-order valence-corrected chi connectivity index (χ1v) is 3.77. The number of furan rings is 1. The molecule has 0 fully saturated rings. The molecular weight excluding hydrogens is 140 g/mol. The standard InChI is InChI=1S/C8H14N2O/c1-6(2)10-8-4-3-7(5-9)11-8/h3-4,6,10H,5,9H2,1-2H3. The van der Waals surface area contributed by atoms with E-state index in [1.807, 2.05) is 12.1 Å². The van der Waals surface area contributed by atoms with Crippen molar-refractivity contribution in [3.05, 3.63) is 17.9 Å². The summed E-state index contributed by atoms with van der Waals surface area (Å²) in [5.41, 5.74) is 5.37. The van der Waals surface area contributed by atoms with Gasteiger partial charge >= 0.3 is 0 Å². The van der Waals surface area contributed by atoms with E-state index in [2.05, 4.69) is 19.2 Å². The number of hydrogen-bond acceptors (Lipinski definition) is 3. The number of nitrogens with two attached hydrogens (primary N) is 1. The molecule has 1 heterocycles. The molecule has 3 heteroatoms. The maximum Gasteiger partial charge on any atom is 0.193 e. The monoisotopic (exact) mass is 154 g/mol. The number of nitrogens with one attached hydrogen (secondary N) is 1. The van der Waals surface area contributed by atoms with Crippen molar-refractivity contribution < 1.29 is 4.42 Å².